The zero-order valence-corrected chi connectivity index (χ0v) is 18.2. The molecule has 0 heterocycles. The van der Waals surface area contributed by atoms with E-state index in [4.69, 9.17) is 16.5 Å². The number of carbonyl (C=O) groups excluding carboxylic acids is 1. The first-order valence-corrected chi connectivity index (χ1v) is 10.4. The topological polar surface area (TPSA) is 93.5 Å². The Kier molecular flexibility index (Phi) is 7.60. The quantitative estimate of drug-likeness (QED) is 0.359. The lowest BCUT2D eigenvalue weighted by Crippen LogP contribution is -2.29. The minimum absolute atomic E-state index is 0.157. The second-order valence-electron chi connectivity index (χ2n) is 7.46. The number of allylic oxidation sites excluding steroid dienone is 2. The highest BCUT2D eigenvalue weighted by molar-refractivity contribution is 6.06. The van der Waals surface area contributed by atoms with Crippen LogP contribution >= 0.6 is 0 Å². The van der Waals surface area contributed by atoms with Gasteiger partial charge in [-0.1, -0.05) is 67.3 Å². The third-order valence-corrected chi connectivity index (χ3v) is 4.93. The highest BCUT2D eigenvalue weighted by Crippen LogP contribution is 2.19. The standard InChI is InChI=1S/C27H28N4O/c1-3-25(22-11-15-24(29)16-12-22)31-26(17-20-7-5-4-6-8-20)19(2)30-27(32)18-21-9-13-23(28)14-10-21/h3-16H,2,17-18,28-29H2,1H3,(H,30,32)/b25-3-,31-26?. The SMILES string of the molecule is C=C(NC(=O)Cc1ccc(N)cc1)C(Cc1ccccc1)=N/C(=C\C)c1ccc(N)cc1. The molecule has 0 spiro atoms. The fourth-order valence-electron chi connectivity index (χ4n) is 3.20. The molecule has 0 aromatic heterocycles. The van der Waals surface area contributed by atoms with Gasteiger partial charge in [-0.15, -0.1) is 0 Å². The number of rotatable bonds is 8. The van der Waals surface area contributed by atoms with Crippen LogP contribution < -0.4 is 16.8 Å². The van der Waals surface area contributed by atoms with Crippen molar-refractivity contribution in [1.82, 2.24) is 5.32 Å². The van der Waals surface area contributed by atoms with Gasteiger partial charge in [-0.2, -0.15) is 0 Å². The molecule has 162 valence electrons. The average molecular weight is 425 g/mol. The fraction of sp³-hybridized carbons (Fsp3) is 0.111. The molecule has 0 saturated heterocycles. The minimum Gasteiger partial charge on any atom is -0.399 e. The van der Waals surface area contributed by atoms with E-state index in [1.54, 1.807) is 12.1 Å². The van der Waals surface area contributed by atoms with Crippen molar-refractivity contribution in [3.63, 3.8) is 0 Å². The molecule has 3 aromatic carbocycles. The molecule has 0 aliphatic rings. The van der Waals surface area contributed by atoms with E-state index < -0.39 is 0 Å². The van der Waals surface area contributed by atoms with E-state index in [9.17, 15) is 4.79 Å². The van der Waals surface area contributed by atoms with Crippen molar-refractivity contribution >= 4 is 28.7 Å². The molecule has 3 aromatic rings. The molecular formula is C27H28N4O. The summed E-state index contributed by atoms with van der Waals surface area (Å²) in [6.07, 6.45) is 2.69. The van der Waals surface area contributed by atoms with Crippen LogP contribution in [0.25, 0.3) is 5.70 Å². The first-order chi connectivity index (χ1) is 15.4. The van der Waals surface area contributed by atoms with Crippen LogP contribution in [0.3, 0.4) is 0 Å². The predicted molar refractivity (Wildman–Crippen MR) is 134 cm³/mol. The molecular weight excluding hydrogens is 396 g/mol. The number of anilines is 2. The minimum atomic E-state index is -0.157. The number of nitrogens with one attached hydrogen (secondary N) is 1. The maximum absolute atomic E-state index is 12.6. The smallest absolute Gasteiger partial charge is 0.228 e. The van der Waals surface area contributed by atoms with Gasteiger partial charge in [-0.3, -0.25) is 9.79 Å². The predicted octanol–water partition coefficient (Wildman–Crippen LogP) is 4.77. The Morgan fingerprint density at radius 2 is 1.44 bits per heavy atom. The number of carbonyl (C=O) groups is 1. The van der Waals surface area contributed by atoms with Crippen LogP contribution in [-0.4, -0.2) is 11.6 Å². The monoisotopic (exact) mass is 424 g/mol. The molecule has 0 aliphatic heterocycles. The summed E-state index contributed by atoms with van der Waals surface area (Å²) < 4.78 is 0. The Labute approximate surface area is 189 Å². The van der Waals surface area contributed by atoms with Crippen molar-refractivity contribution in [3.8, 4) is 0 Å². The summed E-state index contributed by atoms with van der Waals surface area (Å²) in [6, 6.07) is 24.8. The van der Waals surface area contributed by atoms with Gasteiger partial charge in [0.25, 0.3) is 0 Å². The number of benzene rings is 3. The Balaban J connectivity index is 1.83. The van der Waals surface area contributed by atoms with E-state index in [0.717, 1.165) is 22.4 Å². The van der Waals surface area contributed by atoms with Crippen molar-refractivity contribution in [1.29, 1.82) is 0 Å². The first kappa shape index (κ1) is 22.6. The van der Waals surface area contributed by atoms with Gasteiger partial charge in [0, 0.05) is 17.8 Å². The molecule has 5 nitrogen and oxygen atoms in total. The van der Waals surface area contributed by atoms with Crippen LogP contribution in [0.4, 0.5) is 11.4 Å². The third kappa shape index (κ3) is 6.44. The van der Waals surface area contributed by atoms with Gasteiger partial charge < -0.3 is 16.8 Å². The molecule has 1 amide bonds. The van der Waals surface area contributed by atoms with Gasteiger partial charge in [-0.25, -0.2) is 0 Å². The number of hydrogen-bond acceptors (Lipinski definition) is 4. The van der Waals surface area contributed by atoms with E-state index in [1.165, 1.54) is 0 Å². The van der Waals surface area contributed by atoms with Crippen molar-refractivity contribution in [2.24, 2.45) is 4.99 Å². The third-order valence-electron chi connectivity index (χ3n) is 4.93. The lowest BCUT2D eigenvalue weighted by Gasteiger charge is -2.14. The summed E-state index contributed by atoms with van der Waals surface area (Å²) in [4.78, 5) is 17.5. The van der Waals surface area contributed by atoms with E-state index in [1.807, 2.05) is 79.7 Å². The number of nitrogen functional groups attached to an aromatic ring is 2. The van der Waals surface area contributed by atoms with E-state index in [2.05, 4.69) is 11.9 Å². The van der Waals surface area contributed by atoms with Crippen LogP contribution in [0.1, 0.15) is 23.6 Å². The zero-order valence-electron chi connectivity index (χ0n) is 18.2. The second kappa shape index (κ2) is 10.8. The Hall–Kier alpha value is -4.12. The molecule has 0 saturated carbocycles. The van der Waals surface area contributed by atoms with Crippen molar-refractivity contribution < 1.29 is 4.79 Å². The van der Waals surface area contributed by atoms with Gasteiger partial charge in [0.2, 0.25) is 5.91 Å². The van der Waals surface area contributed by atoms with Gasteiger partial charge in [-0.05, 0) is 47.9 Å². The van der Waals surface area contributed by atoms with Crippen LogP contribution in [0.15, 0.2) is 102 Å². The van der Waals surface area contributed by atoms with Gasteiger partial charge in [0.05, 0.1) is 23.5 Å². The lowest BCUT2D eigenvalue weighted by atomic mass is 10.1. The second-order valence-corrected chi connectivity index (χ2v) is 7.46. The molecule has 5 N–H and O–H groups in total. The highest BCUT2D eigenvalue weighted by Gasteiger charge is 2.12. The fourth-order valence-corrected chi connectivity index (χ4v) is 3.20. The molecule has 0 fully saturated rings. The summed E-state index contributed by atoms with van der Waals surface area (Å²) >= 11 is 0. The number of aliphatic imine (C=N–C) groups is 1. The molecule has 0 unspecified atom stereocenters. The summed E-state index contributed by atoms with van der Waals surface area (Å²) in [5, 5.41) is 2.91. The van der Waals surface area contributed by atoms with Crippen LogP contribution in [0.2, 0.25) is 0 Å². The van der Waals surface area contributed by atoms with Crippen LogP contribution in [-0.2, 0) is 17.6 Å². The van der Waals surface area contributed by atoms with E-state index in [-0.39, 0.29) is 12.3 Å². The Bertz CT molecular complexity index is 1130. The normalized spacial score (nSPS) is 11.8. The van der Waals surface area contributed by atoms with E-state index >= 15 is 0 Å². The summed E-state index contributed by atoms with van der Waals surface area (Å²) in [5.74, 6) is -0.157. The summed E-state index contributed by atoms with van der Waals surface area (Å²) in [5.41, 5.74) is 17.7. The van der Waals surface area contributed by atoms with Gasteiger partial charge in [0.1, 0.15) is 0 Å². The number of nitrogens with two attached hydrogens (primary N) is 2. The molecule has 0 bridgehead atoms. The Morgan fingerprint density at radius 1 is 0.875 bits per heavy atom. The molecule has 0 radical (unpaired) electrons. The average Bonchev–Trinajstić information content (AvgIpc) is 2.79. The summed E-state index contributed by atoms with van der Waals surface area (Å²) in [7, 11) is 0. The highest BCUT2D eigenvalue weighted by atomic mass is 16.1. The van der Waals surface area contributed by atoms with E-state index in [0.29, 0.717) is 29.2 Å². The maximum Gasteiger partial charge on any atom is 0.228 e. The molecule has 32 heavy (non-hydrogen) atoms. The number of nitrogens with zero attached hydrogens (tertiary/aromatic N) is 1. The van der Waals surface area contributed by atoms with Gasteiger partial charge >= 0.3 is 0 Å². The van der Waals surface area contributed by atoms with Crippen LogP contribution in [0, 0.1) is 0 Å². The Morgan fingerprint density at radius 3 is 2.03 bits per heavy atom. The largest absolute Gasteiger partial charge is 0.399 e. The maximum atomic E-state index is 12.6. The van der Waals surface area contributed by atoms with Crippen molar-refractivity contribution in [3.05, 3.63) is 114 Å². The molecule has 3 rings (SSSR count). The first-order valence-electron chi connectivity index (χ1n) is 10.4. The van der Waals surface area contributed by atoms with Gasteiger partial charge in [0.15, 0.2) is 0 Å². The van der Waals surface area contributed by atoms with Crippen molar-refractivity contribution in [2.75, 3.05) is 11.5 Å². The lowest BCUT2D eigenvalue weighted by molar-refractivity contribution is -0.119. The molecule has 0 atom stereocenters. The van der Waals surface area contributed by atoms with Crippen molar-refractivity contribution in [2.45, 2.75) is 19.8 Å². The zero-order chi connectivity index (χ0) is 22.9. The number of hydrogen-bond donors (Lipinski definition) is 3. The number of amides is 1. The summed E-state index contributed by atoms with van der Waals surface area (Å²) in [6.45, 7) is 6.04. The molecule has 0 aliphatic carbocycles. The molecule has 5 heteroatoms. The van der Waals surface area contributed by atoms with Crippen LogP contribution in [0.5, 0.6) is 0 Å².